The van der Waals surface area contributed by atoms with Crippen molar-refractivity contribution in [2.45, 2.75) is 5.92 Å². The summed E-state index contributed by atoms with van der Waals surface area (Å²) in [7, 11) is 0. The molecule has 5 rings (SSSR count). The van der Waals surface area contributed by atoms with Gasteiger partial charge >= 0.3 is 0 Å². The van der Waals surface area contributed by atoms with E-state index in [1.165, 1.54) is 36.6 Å². The van der Waals surface area contributed by atoms with Gasteiger partial charge in [-0.15, -0.1) is 0 Å². The van der Waals surface area contributed by atoms with E-state index in [1.54, 1.807) is 0 Å². The van der Waals surface area contributed by atoms with E-state index in [1.807, 2.05) is 0 Å². The van der Waals surface area contributed by atoms with Crippen LogP contribution in [0.4, 0.5) is 0 Å². The van der Waals surface area contributed by atoms with Crippen molar-refractivity contribution in [3.63, 3.8) is 0 Å². The Morgan fingerprint density at radius 1 is 0.680 bits per heavy atom. The van der Waals surface area contributed by atoms with Crippen molar-refractivity contribution in [1.29, 1.82) is 0 Å². The number of rotatable bonds is 1. The van der Waals surface area contributed by atoms with E-state index in [4.69, 9.17) is 0 Å². The summed E-state index contributed by atoms with van der Waals surface area (Å²) >= 11 is 2.37. The number of hydrogen-bond acceptors (Lipinski definition) is 0. The van der Waals surface area contributed by atoms with Crippen LogP contribution in [-0.4, -0.2) is 0 Å². The number of allylic oxidation sites excluding steroid dienone is 5. The fraction of sp³-hybridized carbons (Fsp3) is 0.0833. The number of hydrogen-bond donors (Lipinski definition) is 0. The van der Waals surface area contributed by atoms with E-state index in [9.17, 15) is 0 Å². The van der Waals surface area contributed by atoms with Gasteiger partial charge in [0.05, 0.1) is 0 Å². The van der Waals surface area contributed by atoms with Gasteiger partial charge in [0.15, 0.2) is 0 Å². The van der Waals surface area contributed by atoms with Crippen molar-refractivity contribution in [1.82, 2.24) is 0 Å². The van der Waals surface area contributed by atoms with Gasteiger partial charge in [0.1, 0.15) is 0 Å². The van der Waals surface area contributed by atoms with Crippen LogP contribution in [0.15, 0.2) is 85.0 Å². The average molecular weight is 432 g/mol. The van der Waals surface area contributed by atoms with Crippen molar-refractivity contribution in [2.75, 3.05) is 0 Å². The van der Waals surface area contributed by atoms with Gasteiger partial charge < -0.3 is 0 Å². The molecule has 0 bridgehead atoms. The lowest BCUT2D eigenvalue weighted by Gasteiger charge is -2.27. The fourth-order valence-corrected chi connectivity index (χ4v) is 4.45. The molecular weight excluding hydrogens is 415 g/mol. The van der Waals surface area contributed by atoms with Gasteiger partial charge in [0.25, 0.3) is 0 Å². The normalized spacial score (nSPS) is 20.5. The molecule has 3 aromatic rings. The van der Waals surface area contributed by atoms with E-state index >= 15 is 0 Å². The molecule has 0 aliphatic heterocycles. The van der Waals surface area contributed by atoms with E-state index in [0.717, 1.165) is 0 Å². The Balaban J connectivity index is 1.59. The predicted octanol–water partition coefficient (Wildman–Crippen LogP) is 6.96. The first-order valence-corrected chi connectivity index (χ1v) is 9.73. The first-order valence-electron chi connectivity index (χ1n) is 8.65. The van der Waals surface area contributed by atoms with E-state index in [0.29, 0.717) is 11.8 Å². The van der Waals surface area contributed by atoms with Crippen molar-refractivity contribution < 1.29 is 0 Å². The Bertz CT molecular complexity index is 1070. The Kier molecular flexibility index (Phi) is 3.63. The first kappa shape index (κ1) is 15.2. The standard InChI is InChI=1S/C24H17I/c25-22-11-9-18-13-17(6-7-20(18)15-22)19-10-12-24-21(14-19)8-5-16-3-1-2-4-23(16)24/h1-16,23H. The molecule has 0 saturated carbocycles. The zero-order valence-electron chi connectivity index (χ0n) is 13.7. The van der Waals surface area contributed by atoms with E-state index in [2.05, 4.69) is 114 Å². The fourth-order valence-electron chi connectivity index (χ4n) is 3.93. The number of halogens is 1. The SMILES string of the molecule is Ic1ccc2cc(-c3ccc4c(c3)C=CC3C=CC=CC43)ccc2c1. The largest absolute Gasteiger partial charge is 0.0767 e. The zero-order chi connectivity index (χ0) is 16.8. The van der Waals surface area contributed by atoms with E-state index < -0.39 is 0 Å². The molecule has 2 aliphatic rings. The van der Waals surface area contributed by atoms with Crippen molar-refractivity contribution >= 4 is 39.4 Å². The lowest BCUT2D eigenvalue weighted by Crippen LogP contribution is -2.13. The van der Waals surface area contributed by atoms with Gasteiger partial charge in [-0.2, -0.15) is 0 Å². The first-order chi connectivity index (χ1) is 12.3. The molecule has 0 aromatic heterocycles. The maximum atomic E-state index is 2.37. The van der Waals surface area contributed by atoms with Gasteiger partial charge in [-0.3, -0.25) is 0 Å². The van der Waals surface area contributed by atoms with Gasteiger partial charge in [-0.1, -0.05) is 66.8 Å². The van der Waals surface area contributed by atoms with Crippen molar-refractivity contribution in [3.8, 4) is 11.1 Å². The van der Waals surface area contributed by atoms with Crippen LogP contribution >= 0.6 is 22.6 Å². The smallest absolute Gasteiger partial charge is 0.0136 e. The molecule has 25 heavy (non-hydrogen) atoms. The van der Waals surface area contributed by atoms with Gasteiger partial charge in [0.2, 0.25) is 0 Å². The summed E-state index contributed by atoms with van der Waals surface area (Å²) in [5.74, 6) is 0.990. The molecule has 0 N–H and O–H groups in total. The van der Waals surface area contributed by atoms with Crippen molar-refractivity contribution in [3.05, 3.63) is 99.7 Å². The molecule has 0 saturated heterocycles. The Labute approximate surface area is 161 Å². The Morgan fingerprint density at radius 3 is 2.40 bits per heavy atom. The molecule has 1 heteroatoms. The summed E-state index contributed by atoms with van der Waals surface area (Å²) in [5, 5.41) is 2.60. The highest BCUT2D eigenvalue weighted by Gasteiger charge is 2.23. The second kappa shape index (κ2) is 5.99. The molecule has 2 aliphatic carbocycles. The Hall–Kier alpha value is -2.13. The summed E-state index contributed by atoms with van der Waals surface area (Å²) in [5.41, 5.74) is 5.36. The summed E-state index contributed by atoms with van der Waals surface area (Å²) in [4.78, 5) is 0. The summed E-state index contributed by atoms with van der Waals surface area (Å²) in [6.45, 7) is 0. The molecule has 120 valence electrons. The van der Waals surface area contributed by atoms with Crippen LogP contribution in [0.5, 0.6) is 0 Å². The van der Waals surface area contributed by atoms with Crippen LogP contribution in [0.1, 0.15) is 17.0 Å². The average Bonchev–Trinajstić information content (AvgIpc) is 2.67. The lowest BCUT2D eigenvalue weighted by molar-refractivity contribution is 0.692. The molecule has 3 aromatic carbocycles. The van der Waals surface area contributed by atoms with Gasteiger partial charge in [-0.05, 0) is 79.9 Å². The number of fused-ring (bicyclic) bond motifs is 4. The second-order valence-electron chi connectivity index (χ2n) is 6.78. The molecule has 0 heterocycles. The molecule has 0 spiro atoms. The summed E-state index contributed by atoms with van der Waals surface area (Å²) in [6, 6.07) is 20.3. The topological polar surface area (TPSA) is 0 Å². The minimum atomic E-state index is 0.484. The van der Waals surface area contributed by atoms with Crippen LogP contribution in [0.3, 0.4) is 0 Å². The second-order valence-corrected chi connectivity index (χ2v) is 8.03. The van der Waals surface area contributed by atoms with Crippen LogP contribution < -0.4 is 0 Å². The summed E-state index contributed by atoms with van der Waals surface area (Å²) in [6.07, 6.45) is 13.6. The minimum Gasteiger partial charge on any atom is -0.0767 e. The highest BCUT2D eigenvalue weighted by atomic mass is 127. The molecule has 0 fully saturated rings. The maximum Gasteiger partial charge on any atom is 0.0136 e. The molecule has 0 amide bonds. The minimum absolute atomic E-state index is 0.484. The maximum absolute atomic E-state index is 2.37. The quantitative estimate of drug-likeness (QED) is 0.365. The molecule has 0 nitrogen and oxygen atoms in total. The third-order valence-corrected chi connectivity index (χ3v) is 5.93. The van der Waals surface area contributed by atoms with Crippen molar-refractivity contribution in [2.24, 2.45) is 5.92 Å². The summed E-state index contributed by atoms with van der Waals surface area (Å²) < 4.78 is 1.28. The van der Waals surface area contributed by atoms with Crippen LogP contribution in [0.2, 0.25) is 0 Å². The highest BCUT2D eigenvalue weighted by molar-refractivity contribution is 14.1. The van der Waals surface area contributed by atoms with E-state index in [-0.39, 0.29) is 0 Å². The zero-order valence-corrected chi connectivity index (χ0v) is 15.9. The molecule has 2 atom stereocenters. The molecule has 2 unspecified atom stereocenters. The number of benzene rings is 3. The van der Waals surface area contributed by atoms with Gasteiger partial charge in [-0.25, -0.2) is 0 Å². The lowest BCUT2D eigenvalue weighted by atomic mass is 9.76. The predicted molar refractivity (Wildman–Crippen MR) is 116 cm³/mol. The molecular formula is C24H17I. The molecule has 0 radical (unpaired) electrons. The third kappa shape index (κ3) is 2.67. The third-order valence-electron chi connectivity index (χ3n) is 5.26. The van der Waals surface area contributed by atoms with Crippen LogP contribution in [0, 0.1) is 9.49 Å². The Morgan fingerprint density at radius 2 is 1.44 bits per heavy atom. The van der Waals surface area contributed by atoms with Gasteiger partial charge in [0, 0.05) is 15.4 Å². The van der Waals surface area contributed by atoms with Crippen LogP contribution in [-0.2, 0) is 0 Å². The monoisotopic (exact) mass is 432 g/mol. The van der Waals surface area contributed by atoms with Crippen LogP contribution in [0.25, 0.3) is 28.0 Å². The highest BCUT2D eigenvalue weighted by Crippen LogP contribution is 2.39.